The third kappa shape index (κ3) is 2.90. The Morgan fingerprint density at radius 2 is 1.89 bits per heavy atom. The SMILES string of the molecule is Cn1c2ccc(OCCN3CCCCC3)cc2c2cc3cnccc3c(F)c21. The van der Waals surface area contributed by atoms with Crippen LogP contribution < -0.4 is 4.74 Å². The van der Waals surface area contributed by atoms with Crippen molar-refractivity contribution in [3.05, 3.63) is 48.5 Å². The third-order valence-corrected chi connectivity index (χ3v) is 5.93. The van der Waals surface area contributed by atoms with Crippen LogP contribution in [0.5, 0.6) is 5.75 Å². The van der Waals surface area contributed by atoms with Crippen molar-refractivity contribution in [2.75, 3.05) is 26.2 Å². The van der Waals surface area contributed by atoms with Gasteiger partial charge in [0.2, 0.25) is 0 Å². The van der Waals surface area contributed by atoms with Crippen LogP contribution in [-0.2, 0) is 7.05 Å². The molecule has 5 rings (SSSR count). The number of hydrogen-bond acceptors (Lipinski definition) is 3. The van der Waals surface area contributed by atoms with Crippen LogP contribution in [0, 0.1) is 5.82 Å². The van der Waals surface area contributed by atoms with Gasteiger partial charge in [-0.1, -0.05) is 6.42 Å². The first-order valence-electron chi connectivity index (χ1n) is 10.0. The molecule has 0 radical (unpaired) electrons. The van der Waals surface area contributed by atoms with Gasteiger partial charge in [-0.25, -0.2) is 4.39 Å². The van der Waals surface area contributed by atoms with Crippen LogP contribution in [0.4, 0.5) is 4.39 Å². The molecule has 5 heteroatoms. The molecule has 1 aliphatic rings. The molecule has 1 aliphatic heterocycles. The number of piperidine rings is 1. The molecule has 4 nitrogen and oxygen atoms in total. The van der Waals surface area contributed by atoms with E-state index < -0.39 is 0 Å². The second-order valence-corrected chi connectivity index (χ2v) is 7.67. The molecule has 0 saturated carbocycles. The summed E-state index contributed by atoms with van der Waals surface area (Å²) in [6.07, 6.45) is 7.27. The molecular weight excluding hydrogens is 353 g/mol. The van der Waals surface area contributed by atoms with Gasteiger partial charge in [-0.15, -0.1) is 0 Å². The van der Waals surface area contributed by atoms with Crippen molar-refractivity contribution in [1.29, 1.82) is 0 Å². The monoisotopic (exact) mass is 377 g/mol. The van der Waals surface area contributed by atoms with Gasteiger partial charge >= 0.3 is 0 Å². The molecule has 0 bridgehead atoms. The number of pyridine rings is 1. The summed E-state index contributed by atoms with van der Waals surface area (Å²) in [6.45, 7) is 3.98. The Labute approximate surface area is 163 Å². The molecule has 144 valence electrons. The number of likely N-dealkylation sites (tertiary alicyclic amines) is 1. The number of aryl methyl sites for hydroxylation is 1. The minimum Gasteiger partial charge on any atom is -0.492 e. The summed E-state index contributed by atoms with van der Waals surface area (Å²) in [7, 11) is 1.91. The van der Waals surface area contributed by atoms with Gasteiger partial charge in [0.1, 0.15) is 12.4 Å². The highest BCUT2D eigenvalue weighted by Crippen LogP contribution is 2.35. The summed E-state index contributed by atoms with van der Waals surface area (Å²) >= 11 is 0. The number of nitrogens with zero attached hydrogens (tertiary/aromatic N) is 3. The largest absolute Gasteiger partial charge is 0.492 e. The quantitative estimate of drug-likeness (QED) is 0.508. The number of rotatable bonds is 4. The summed E-state index contributed by atoms with van der Waals surface area (Å²) in [5.74, 6) is 0.643. The minimum absolute atomic E-state index is 0.193. The lowest BCUT2D eigenvalue weighted by atomic mass is 10.1. The first-order valence-corrected chi connectivity index (χ1v) is 10.0. The smallest absolute Gasteiger partial charge is 0.155 e. The van der Waals surface area contributed by atoms with E-state index in [1.807, 2.05) is 35.9 Å². The molecule has 0 N–H and O–H groups in total. The molecule has 2 aromatic heterocycles. The van der Waals surface area contributed by atoms with Crippen LogP contribution in [0.1, 0.15) is 19.3 Å². The summed E-state index contributed by atoms with van der Waals surface area (Å²) in [6, 6.07) is 9.80. The minimum atomic E-state index is -0.193. The first kappa shape index (κ1) is 17.4. The fourth-order valence-corrected chi connectivity index (χ4v) is 4.43. The molecule has 1 saturated heterocycles. The zero-order valence-electron chi connectivity index (χ0n) is 16.1. The maximum Gasteiger partial charge on any atom is 0.155 e. The van der Waals surface area contributed by atoms with Crippen molar-refractivity contribution in [2.24, 2.45) is 7.05 Å². The average Bonchev–Trinajstić information content (AvgIpc) is 3.01. The Hall–Kier alpha value is -2.66. The highest BCUT2D eigenvalue weighted by Gasteiger charge is 2.16. The molecule has 2 aromatic carbocycles. The number of aromatic nitrogens is 2. The predicted molar refractivity (Wildman–Crippen MR) is 111 cm³/mol. The molecule has 0 unspecified atom stereocenters. The van der Waals surface area contributed by atoms with Crippen LogP contribution in [0.3, 0.4) is 0 Å². The molecule has 0 aliphatic carbocycles. The molecule has 0 atom stereocenters. The van der Waals surface area contributed by atoms with E-state index in [1.54, 1.807) is 18.5 Å². The molecule has 0 spiro atoms. The average molecular weight is 377 g/mol. The van der Waals surface area contributed by atoms with Crippen molar-refractivity contribution < 1.29 is 9.13 Å². The fourth-order valence-electron chi connectivity index (χ4n) is 4.43. The van der Waals surface area contributed by atoms with Crippen molar-refractivity contribution in [2.45, 2.75) is 19.3 Å². The predicted octanol–water partition coefficient (Wildman–Crippen LogP) is 4.88. The van der Waals surface area contributed by atoms with Crippen molar-refractivity contribution in [3.8, 4) is 5.75 Å². The van der Waals surface area contributed by atoms with E-state index in [2.05, 4.69) is 9.88 Å². The van der Waals surface area contributed by atoms with E-state index in [9.17, 15) is 0 Å². The van der Waals surface area contributed by atoms with Gasteiger partial charge in [0.05, 0.1) is 5.52 Å². The summed E-state index contributed by atoms with van der Waals surface area (Å²) in [5.41, 5.74) is 1.62. The topological polar surface area (TPSA) is 30.3 Å². The number of benzene rings is 2. The van der Waals surface area contributed by atoms with Crippen LogP contribution in [0.15, 0.2) is 42.7 Å². The van der Waals surface area contributed by atoms with E-state index in [1.165, 1.54) is 32.4 Å². The van der Waals surface area contributed by atoms with Gasteiger partial charge in [-0.2, -0.15) is 0 Å². The highest BCUT2D eigenvalue weighted by molar-refractivity contribution is 6.13. The lowest BCUT2D eigenvalue weighted by molar-refractivity contribution is 0.183. The van der Waals surface area contributed by atoms with Gasteiger partial charge in [-0.05, 0) is 56.3 Å². The Kier molecular flexibility index (Phi) is 4.40. The fraction of sp³-hybridized carbons (Fsp3) is 0.348. The van der Waals surface area contributed by atoms with E-state index in [0.29, 0.717) is 17.5 Å². The van der Waals surface area contributed by atoms with Gasteiger partial charge in [0, 0.05) is 53.0 Å². The third-order valence-electron chi connectivity index (χ3n) is 5.93. The zero-order valence-corrected chi connectivity index (χ0v) is 16.1. The lowest BCUT2D eigenvalue weighted by Crippen LogP contribution is -2.33. The van der Waals surface area contributed by atoms with Crippen molar-refractivity contribution in [1.82, 2.24) is 14.5 Å². The van der Waals surface area contributed by atoms with Gasteiger partial charge in [-0.3, -0.25) is 9.88 Å². The van der Waals surface area contributed by atoms with E-state index in [0.717, 1.165) is 34.0 Å². The Balaban J connectivity index is 1.50. The second-order valence-electron chi connectivity index (χ2n) is 7.67. The summed E-state index contributed by atoms with van der Waals surface area (Å²) < 4.78 is 23.2. The number of halogens is 1. The maximum absolute atomic E-state index is 15.2. The van der Waals surface area contributed by atoms with E-state index >= 15 is 4.39 Å². The van der Waals surface area contributed by atoms with Gasteiger partial charge in [0.15, 0.2) is 5.82 Å². The number of fused-ring (bicyclic) bond motifs is 4. The number of ether oxygens (including phenoxy) is 1. The molecule has 28 heavy (non-hydrogen) atoms. The molecule has 3 heterocycles. The standard InChI is InChI=1S/C23H24FN3O/c1-26-21-6-5-17(28-12-11-27-9-3-2-4-10-27)14-19(21)20-13-16-15-25-8-7-18(16)22(24)23(20)26/h5-8,13-15H,2-4,9-12H2,1H3. The highest BCUT2D eigenvalue weighted by atomic mass is 19.1. The normalized spacial score (nSPS) is 15.6. The molecule has 1 fully saturated rings. The Morgan fingerprint density at radius 3 is 2.75 bits per heavy atom. The molecule has 4 aromatic rings. The summed E-state index contributed by atoms with van der Waals surface area (Å²) in [4.78, 5) is 6.61. The van der Waals surface area contributed by atoms with E-state index in [4.69, 9.17) is 4.74 Å². The number of hydrogen-bond donors (Lipinski definition) is 0. The van der Waals surface area contributed by atoms with Crippen molar-refractivity contribution >= 4 is 32.6 Å². The van der Waals surface area contributed by atoms with Gasteiger partial charge < -0.3 is 9.30 Å². The van der Waals surface area contributed by atoms with Crippen molar-refractivity contribution in [3.63, 3.8) is 0 Å². The Bertz CT molecular complexity index is 1160. The van der Waals surface area contributed by atoms with Crippen LogP contribution >= 0.6 is 0 Å². The van der Waals surface area contributed by atoms with E-state index in [-0.39, 0.29) is 5.82 Å². The molecule has 0 amide bonds. The van der Waals surface area contributed by atoms with Crippen LogP contribution in [0.2, 0.25) is 0 Å². The van der Waals surface area contributed by atoms with Crippen LogP contribution in [0.25, 0.3) is 32.6 Å². The van der Waals surface area contributed by atoms with Gasteiger partial charge in [0.25, 0.3) is 0 Å². The first-order chi connectivity index (χ1) is 13.7. The second kappa shape index (κ2) is 7.06. The molecular formula is C23H24FN3O. The summed E-state index contributed by atoms with van der Waals surface area (Å²) in [5, 5.41) is 3.33. The van der Waals surface area contributed by atoms with Crippen LogP contribution in [-0.4, -0.2) is 40.7 Å². The Morgan fingerprint density at radius 1 is 1.04 bits per heavy atom. The lowest BCUT2D eigenvalue weighted by Gasteiger charge is -2.26. The zero-order chi connectivity index (χ0) is 19.1. The maximum atomic E-state index is 15.2.